The molecule has 3 rings (SSSR count). The molecule has 1 fully saturated rings. The highest BCUT2D eigenvalue weighted by Gasteiger charge is 2.23. The summed E-state index contributed by atoms with van der Waals surface area (Å²) in [6.07, 6.45) is 5.85. The van der Waals surface area contributed by atoms with Gasteiger partial charge in [-0.05, 0) is 18.8 Å². The molecule has 1 saturated heterocycles. The van der Waals surface area contributed by atoms with Crippen molar-refractivity contribution < 1.29 is 0 Å². The van der Waals surface area contributed by atoms with E-state index in [0.29, 0.717) is 17.9 Å². The van der Waals surface area contributed by atoms with Gasteiger partial charge in [-0.3, -0.25) is 0 Å². The zero-order chi connectivity index (χ0) is 16.4. The van der Waals surface area contributed by atoms with Crippen LogP contribution in [0.1, 0.15) is 69.9 Å². The minimum Gasteiger partial charge on any atom is -0.356 e. The molecule has 23 heavy (non-hydrogen) atoms. The lowest BCUT2D eigenvalue weighted by Gasteiger charge is -2.33. The number of hydrogen-bond acceptors (Lipinski definition) is 5. The third-order valence-corrected chi connectivity index (χ3v) is 4.46. The van der Waals surface area contributed by atoms with Crippen LogP contribution in [0.2, 0.25) is 0 Å². The summed E-state index contributed by atoms with van der Waals surface area (Å²) in [6, 6.07) is 2.61. The number of hydrogen-bond donors (Lipinski definition) is 0. The highest BCUT2D eigenvalue weighted by molar-refractivity contribution is 5.41. The van der Waals surface area contributed by atoms with E-state index in [9.17, 15) is 0 Å². The number of anilines is 1. The van der Waals surface area contributed by atoms with E-state index in [1.165, 1.54) is 0 Å². The molecule has 0 spiro atoms. The third kappa shape index (κ3) is 3.51. The molecule has 2 aromatic rings. The zero-order valence-corrected chi connectivity index (χ0v) is 14.5. The van der Waals surface area contributed by atoms with E-state index in [4.69, 9.17) is 9.97 Å². The van der Waals surface area contributed by atoms with Crippen LogP contribution in [0.5, 0.6) is 0 Å². The van der Waals surface area contributed by atoms with Gasteiger partial charge in [0.15, 0.2) is 0 Å². The van der Waals surface area contributed by atoms with E-state index in [1.54, 1.807) is 6.20 Å². The Morgan fingerprint density at radius 1 is 1.04 bits per heavy atom. The molecule has 0 amide bonds. The van der Waals surface area contributed by atoms with Crippen molar-refractivity contribution in [2.24, 2.45) is 0 Å². The first-order valence-corrected chi connectivity index (χ1v) is 8.54. The molecule has 0 radical (unpaired) electrons. The second kappa shape index (κ2) is 6.64. The minimum absolute atomic E-state index is 0.347. The molecule has 0 aliphatic carbocycles. The Morgan fingerprint density at radius 2 is 1.78 bits per heavy atom. The molecule has 124 valence electrons. The van der Waals surface area contributed by atoms with Crippen LogP contribution >= 0.6 is 0 Å². The highest BCUT2D eigenvalue weighted by atomic mass is 15.4. The maximum absolute atomic E-state index is 4.81. The van der Waals surface area contributed by atoms with Gasteiger partial charge in [-0.15, -0.1) is 5.10 Å². The standard InChI is InChI=1S/C17H26N6/c1-12(2)15-11-16(20-17(19-15)13(3)4)22-8-5-14(6-9-22)23-10-7-18-21-23/h7,10-14H,5-6,8-9H2,1-4H3. The van der Waals surface area contributed by atoms with Gasteiger partial charge in [0.1, 0.15) is 11.6 Å². The molecular formula is C17H26N6. The Hall–Kier alpha value is -1.98. The van der Waals surface area contributed by atoms with E-state index in [2.05, 4.69) is 49.0 Å². The first kappa shape index (κ1) is 15.9. The summed E-state index contributed by atoms with van der Waals surface area (Å²) in [5, 5.41) is 8.05. The lowest BCUT2D eigenvalue weighted by molar-refractivity contribution is 0.359. The Morgan fingerprint density at radius 3 is 2.35 bits per heavy atom. The second-order valence-corrected chi connectivity index (χ2v) is 6.92. The topological polar surface area (TPSA) is 59.7 Å². The van der Waals surface area contributed by atoms with E-state index in [-0.39, 0.29) is 0 Å². The van der Waals surface area contributed by atoms with Gasteiger partial charge in [0.25, 0.3) is 0 Å². The summed E-state index contributed by atoms with van der Waals surface area (Å²) in [6.45, 7) is 10.7. The monoisotopic (exact) mass is 314 g/mol. The van der Waals surface area contributed by atoms with Crippen LogP contribution in [0.25, 0.3) is 0 Å². The fourth-order valence-electron chi connectivity index (χ4n) is 2.96. The molecule has 1 aliphatic rings. The van der Waals surface area contributed by atoms with E-state index in [0.717, 1.165) is 43.3 Å². The molecule has 3 heterocycles. The quantitative estimate of drug-likeness (QED) is 0.867. The van der Waals surface area contributed by atoms with Gasteiger partial charge >= 0.3 is 0 Å². The van der Waals surface area contributed by atoms with Crippen LogP contribution in [0.15, 0.2) is 18.5 Å². The summed E-state index contributed by atoms with van der Waals surface area (Å²) in [5.41, 5.74) is 1.14. The number of piperidine rings is 1. The van der Waals surface area contributed by atoms with Crippen molar-refractivity contribution in [2.45, 2.75) is 58.4 Å². The molecule has 0 unspecified atom stereocenters. The molecule has 6 heteroatoms. The molecule has 0 aromatic carbocycles. The first-order valence-electron chi connectivity index (χ1n) is 8.54. The largest absolute Gasteiger partial charge is 0.356 e. The fraction of sp³-hybridized carbons (Fsp3) is 0.647. The average molecular weight is 314 g/mol. The summed E-state index contributed by atoms with van der Waals surface area (Å²) < 4.78 is 1.98. The predicted octanol–water partition coefficient (Wildman–Crippen LogP) is 3.16. The molecule has 0 N–H and O–H groups in total. The number of aromatic nitrogens is 5. The maximum Gasteiger partial charge on any atom is 0.133 e. The summed E-state index contributed by atoms with van der Waals surface area (Å²) >= 11 is 0. The molecule has 0 atom stereocenters. The number of nitrogens with zero attached hydrogens (tertiary/aromatic N) is 6. The van der Waals surface area contributed by atoms with Crippen LogP contribution in [0.3, 0.4) is 0 Å². The lowest BCUT2D eigenvalue weighted by Crippen LogP contribution is -2.35. The second-order valence-electron chi connectivity index (χ2n) is 6.92. The molecule has 6 nitrogen and oxygen atoms in total. The molecular weight excluding hydrogens is 288 g/mol. The van der Waals surface area contributed by atoms with E-state index in [1.807, 2.05) is 10.9 Å². The van der Waals surface area contributed by atoms with Crippen LogP contribution in [-0.4, -0.2) is 38.1 Å². The summed E-state index contributed by atoms with van der Waals surface area (Å²) in [4.78, 5) is 11.9. The molecule has 0 bridgehead atoms. The Bertz CT molecular complexity index is 600. The predicted molar refractivity (Wildman–Crippen MR) is 90.7 cm³/mol. The first-order chi connectivity index (χ1) is 11.0. The molecule has 1 aliphatic heterocycles. The average Bonchev–Trinajstić information content (AvgIpc) is 3.09. The smallest absolute Gasteiger partial charge is 0.133 e. The van der Waals surface area contributed by atoms with Crippen molar-refractivity contribution >= 4 is 5.82 Å². The number of rotatable bonds is 4. The van der Waals surface area contributed by atoms with E-state index < -0.39 is 0 Å². The van der Waals surface area contributed by atoms with Gasteiger partial charge in [-0.25, -0.2) is 14.6 Å². The van der Waals surface area contributed by atoms with Gasteiger partial charge in [0, 0.05) is 37.0 Å². The van der Waals surface area contributed by atoms with Crippen LogP contribution in [-0.2, 0) is 0 Å². The summed E-state index contributed by atoms with van der Waals surface area (Å²) in [5.74, 6) is 2.79. The van der Waals surface area contributed by atoms with E-state index >= 15 is 0 Å². The Labute approximate surface area is 137 Å². The van der Waals surface area contributed by atoms with Gasteiger partial charge in [0.05, 0.1) is 12.2 Å². The third-order valence-electron chi connectivity index (χ3n) is 4.46. The van der Waals surface area contributed by atoms with Crippen molar-refractivity contribution in [3.8, 4) is 0 Å². The van der Waals surface area contributed by atoms with Crippen molar-refractivity contribution in [3.05, 3.63) is 30.0 Å². The minimum atomic E-state index is 0.347. The van der Waals surface area contributed by atoms with Gasteiger partial charge in [0.2, 0.25) is 0 Å². The fourth-order valence-corrected chi connectivity index (χ4v) is 2.96. The molecule has 2 aromatic heterocycles. The van der Waals surface area contributed by atoms with Crippen molar-refractivity contribution in [1.82, 2.24) is 25.0 Å². The zero-order valence-electron chi connectivity index (χ0n) is 14.5. The van der Waals surface area contributed by atoms with Crippen LogP contribution in [0, 0.1) is 0 Å². The van der Waals surface area contributed by atoms with Crippen molar-refractivity contribution in [1.29, 1.82) is 0 Å². The highest BCUT2D eigenvalue weighted by Crippen LogP contribution is 2.27. The van der Waals surface area contributed by atoms with Crippen LogP contribution < -0.4 is 4.90 Å². The SMILES string of the molecule is CC(C)c1cc(N2CCC(n3ccnn3)CC2)nc(C(C)C)n1. The summed E-state index contributed by atoms with van der Waals surface area (Å²) in [7, 11) is 0. The Kier molecular flexibility index (Phi) is 4.59. The Balaban J connectivity index is 1.77. The lowest BCUT2D eigenvalue weighted by atomic mass is 10.0. The van der Waals surface area contributed by atoms with Gasteiger partial charge < -0.3 is 4.90 Å². The molecule has 0 saturated carbocycles. The van der Waals surface area contributed by atoms with Crippen molar-refractivity contribution in [2.75, 3.05) is 18.0 Å². The van der Waals surface area contributed by atoms with Gasteiger partial charge in [-0.1, -0.05) is 32.9 Å². The van der Waals surface area contributed by atoms with Crippen molar-refractivity contribution in [3.63, 3.8) is 0 Å². The van der Waals surface area contributed by atoms with Gasteiger partial charge in [-0.2, -0.15) is 0 Å². The van der Waals surface area contributed by atoms with Crippen LogP contribution in [0.4, 0.5) is 5.82 Å². The maximum atomic E-state index is 4.81. The normalized spacial score (nSPS) is 16.5.